The molecule has 4 heteroatoms. The molecule has 1 aromatic carbocycles. The van der Waals surface area contributed by atoms with E-state index in [4.69, 9.17) is 21.1 Å². The van der Waals surface area contributed by atoms with Gasteiger partial charge in [-0.3, -0.25) is 0 Å². The van der Waals surface area contributed by atoms with Crippen molar-refractivity contribution in [1.29, 1.82) is 0 Å². The molecule has 0 aromatic heterocycles. The Morgan fingerprint density at radius 1 is 1.22 bits per heavy atom. The number of rotatable bonds is 4. The van der Waals surface area contributed by atoms with E-state index < -0.39 is 6.10 Å². The summed E-state index contributed by atoms with van der Waals surface area (Å²) in [7, 11) is 3.12. The number of aliphatic hydroxyl groups excluding tert-OH is 1. The largest absolute Gasteiger partial charge is 0.495 e. The molecule has 3 nitrogen and oxygen atoms in total. The normalized spacial score (nSPS) is 17.8. The van der Waals surface area contributed by atoms with Gasteiger partial charge in [0.05, 0.1) is 20.3 Å². The Morgan fingerprint density at radius 2 is 1.89 bits per heavy atom. The van der Waals surface area contributed by atoms with E-state index in [1.165, 1.54) is 12.8 Å². The van der Waals surface area contributed by atoms with E-state index in [0.29, 0.717) is 22.4 Å². The van der Waals surface area contributed by atoms with Crippen LogP contribution in [0, 0.1) is 5.92 Å². The molecule has 0 heterocycles. The van der Waals surface area contributed by atoms with Crippen LogP contribution in [0.15, 0.2) is 12.1 Å². The number of benzene rings is 1. The molecule has 1 aliphatic rings. The first-order valence-electron chi connectivity index (χ1n) is 6.27. The van der Waals surface area contributed by atoms with Crippen molar-refractivity contribution in [3.8, 4) is 11.5 Å². The summed E-state index contributed by atoms with van der Waals surface area (Å²) in [4.78, 5) is 0. The van der Waals surface area contributed by atoms with Crippen molar-refractivity contribution in [2.24, 2.45) is 5.92 Å². The molecule has 1 aliphatic carbocycles. The first kappa shape index (κ1) is 13.5. The summed E-state index contributed by atoms with van der Waals surface area (Å²) < 4.78 is 10.5. The summed E-state index contributed by atoms with van der Waals surface area (Å²) in [5.41, 5.74) is 0.759. The van der Waals surface area contributed by atoms with Gasteiger partial charge in [0.1, 0.15) is 16.5 Å². The number of methoxy groups -OCH3 is 2. The highest BCUT2D eigenvalue weighted by Gasteiger charge is 2.28. The number of ether oxygens (including phenoxy) is 2. The summed E-state index contributed by atoms with van der Waals surface area (Å²) in [5, 5.41) is 10.9. The molecule has 1 fully saturated rings. The van der Waals surface area contributed by atoms with Crippen LogP contribution >= 0.6 is 11.6 Å². The topological polar surface area (TPSA) is 38.7 Å². The molecule has 1 N–H and O–H groups in total. The summed E-state index contributed by atoms with van der Waals surface area (Å²) in [6.45, 7) is 0. The monoisotopic (exact) mass is 270 g/mol. The van der Waals surface area contributed by atoms with Crippen LogP contribution in [-0.2, 0) is 0 Å². The molecule has 2 rings (SSSR count). The van der Waals surface area contributed by atoms with Gasteiger partial charge in [-0.1, -0.05) is 24.4 Å². The molecule has 0 bridgehead atoms. The quantitative estimate of drug-likeness (QED) is 0.909. The fourth-order valence-corrected chi connectivity index (χ4v) is 3.00. The number of aliphatic hydroxyl groups is 1. The van der Waals surface area contributed by atoms with Crippen molar-refractivity contribution in [3.63, 3.8) is 0 Å². The van der Waals surface area contributed by atoms with Crippen molar-refractivity contribution < 1.29 is 14.6 Å². The van der Waals surface area contributed by atoms with E-state index >= 15 is 0 Å². The van der Waals surface area contributed by atoms with Gasteiger partial charge in [0.25, 0.3) is 0 Å². The predicted molar refractivity (Wildman–Crippen MR) is 71.5 cm³/mol. The van der Waals surface area contributed by atoms with Gasteiger partial charge in [0, 0.05) is 5.56 Å². The van der Waals surface area contributed by atoms with Gasteiger partial charge in [-0.2, -0.15) is 0 Å². The zero-order valence-electron chi connectivity index (χ0n) is 10.8. The summed E-state index contributed by atoms with van der Waals surface area (Å²) in [6.07, 6.45) is 4.00. The maximum absolute atomic E-state index is 10.4. The zero-order valence-corrected chi connectivity index (χ0v) is 11.5. The van der Waals surface area contributed by atoms with Crippen LogP contribution in [0.2, 0.25) is 5.02 Å². The lowest BCUT2D eigenvalue weighted by molar-refractivity contribution is 0.108. The molecular formula is C14H19ClO3. The average Bonchev–Trinajstić information content (AvgIpc) is 2.91. The zero-order chi connectivity index (χ0) is 13.1. The maximum Gasteiger partial charge on any atom is 0.147 e. The van der Waals surface area contributed by atoms with Crippen molar-refractivity contribution in [2.75, 3.05) is 14.2 Å². The van der Waals surface area contributed by atoms with Crippen LogP contribution in [0.25, 0.3) is 0 Å². The van der Waals surface area contributed by atoms with Gasteiger partial charge in [-0.05, 0) is 30.9 Å². The standard InChI is InChI=1S/C14H19ClO3/c1-17-11-8-7-10(14(18-2)12(11)15)13(16)9-5-3-4-6-9/h7-9,13,16H,3-6H2,1-2H3. The third-order valence-corrected chi connectivity index (χ3v) is 4.04. The lowest BCUT2D eigenvalue weighted by atomic mass is 9.93. The number of hydrogen-bond donors (Lipinski definition) is 1. The minimum Gasteiger partial charge on any atom is -0.495 e. The van der Waals surface area contributed by atoms with Crippen LogP contribution in [0.4, 0.5) is 0 Å². The van der Waals surface area contributed by atoms with E-state index in [-0.39, 0.29) is 0 Å². The van der Waals surface area contributed by atoms with E-state index in [1.54, 1.807) is 20.3 Å². The minimum absolute atomic E-state index is 0.309. The Balaban J connectivity index is 2.34. The third-order valence-electron chi connectivity index (χ3n) is 3.68. The van der Waals surface area contributed by atoms with E-state index in [9.17, 15) is 5.11 Å². The van der Waals surface area contributed by atoms with Crippen LogP contribution < -0.4 is 9.47 Å². The van der Waals surface area contributed by atoms with E-state index in [0.717, 1.165) is 18.4 Å². The summed E-state index contributed by atoms with van der Waals surface area (Å²) in [5.74, 6) is 1.40. The second kappa shape index (κ2) is 5.81. The molecule has 100 valence electrons. The summed E-state index contributed by atoms with van der Waals surface area (Å²) >= 11 is 6.20. The van der Waals surface area contributed by atoms with Crippen molar-refractivity contribution in [3.05, 3.63) is 22.7 Å². The Labute approximate surface area is 113 Å². The second-order valence-corrected chi connectivity index (χ2v) is 5.07. The van der Waals surface area contributed by atoms with Gasteiger partial charge in [0.2, 0.25) is 0 Å². The van der Waals surface area contributed by atoms with Gasteiger partial charge in [-0.15, -0.1) is 0 Å². The van der Waals surface area contributed by atoms with E-state index in [1.807, 2.05) is 6.07 Å². The highest BCUT2D eigenvalue weighted by molar-refractivity contribution is 6.33. The molecule has 0 aliphatic heterocycles. The molecule has 1 atom stereocenters. The Hall–Kier alpha value is -0.930. The minimum atomic E-state index is -0.508. The van der Waals surface area contributed by atoms with Crippen molar-refractivity contribution in [2.45, 2.75) is 31.8 Å². The fraction of sp³-hybridized carbons (Fsp3) is 0.571. The van der Waals surface area contributed by atoms with Crippen LogP contribution in [0.1, 0.15) is 37.4 Å². The van der Waals surface area contributed by atoms with Crippen LogP contribution in [0.5, 0.6) is 11.5 Å². The van der Waals surface area contributed by atoms with Gasteiger partial charge >= 0.3 is 0 Å². The highest BCUT2D eigenvalue weighted by Crippen LogP contribution is 2.44. The first-order valence-corrected chi connectivity index (χ1v) is 6.65. The van der Waals surface area contributed by atoms with Crippen LogP contribution in [0.3, 0.4) is 0 Å². The molecule has 1 aromatic rings. The molecule has 1 unspecified atom stereocenters. The molecule has 0 spiro atoms. The summed E-state index contributed by atoms with van der Waals surface area (Å²) in [6, 6.07) is 3.62. The smallest absolute Gasteiger partial charge is 0.147 e. The van der Waals surface area contributed by atoms with Gasteiger partial charge < -0.3 is 14.6 Å². The lowest BCUT2D eigenvalue weighted by Crippen LogP contribution is -2.10. The first-order chi connectivity index (χ1) is 8.69. The molecule has 0 amide bonds. The van der Waals surface area contributed by atoms with Gasteiger partial charge in [0.15, 0.2) is 0 Å². The van der Waals surface area contributed by atoms with Crippen LogP contribution in [-0.4, -0.2) is 19.3 Å². The van der Waals surface area contributed by atoms with Crippen molar-refractivity contribution >= 4 is 11.6 Å². The maximum atomic E-state index is 10.4. The SMILES string of the molecule is COc1ccc(C(O)C2CCCC2)c(OC)c1Cl. The predicted octanol–water partition coefficient (Wildman–Crippen LogP) is 3.58. The highest BCUT2D eigenvalue weighted by atomic mass is 35.5. The van der Waals surface area contributed by atoms with Crippen molar-refractivity contribution in [1.82, 2.24) is 0 Å². The fourth-order valence-electron chi connectivity index (χ4n) is 2.68. The van der Waals surface area contributed by atoms with E-state index in [2.05, 4.69) is 0 Å². The molecular weight excluding hydrogens is 252 g/mol. The Morgan fingerprint density at radius 3 is 2.44 bits per heavy atom. The molecule has 18 heavy (non-hydrogen) atoms. The van der Waals surface area contributed by atoms with Gasteiger partial charge in [-0.25, -0.2) is 0 Å². The number of hydrogen-bond acceptors (Lipinski definition) is 3. The Bertz CT molecular complexity index is 414. The Kier molecular flexibility index (Phi) is 4.36. The lowest BCUT2D eigenvalue weighted by Gasteiger charge is -2.21. The number of halogens is 1. The molecule has 0 radical (unpaired) electrons. The average molecular weight is 271 g/mol. The molecule has 0 saturated heterocycles. The third kappa shape index (κ3) is 2.43. The molecule has 1 saturated carbocycles. The second-order valence-electron chi connectivity index (χ2n) is 4.69.